The van der Waals surface area contributed by atoms with Gasteiger partial charge in [0.05, 0.1) is 31.4 Å². The van der Waals surface area contributed by atoms with Gasteiger partial charge >= 0.3 is 6.09 Å². The number of aromatic amines is 1. The summed E-state index contributed by atoms with van der Waals surface area (Å²) in [5.74, 6) is -0.290. The van der Waals surface area contributed by atoms with Crippen molar-refractivity contribution in [1.29, 1.82) is 0 Å². The number of nitrogens with one attached hydrogen (secondary N) is 1. The van der Waals surface area contributed by atoms with Crippen LogP contribution in [0.2, 0.25) is 0 Å². The third-order valence-electron chi connectivity index (χ3n) is 5.20. The molecule has 1 N–H and O–H groups in total. The topological polar surface area (TPSA) is 109 Å². The number of morpholine rings is 1. The largest absolute Gasteiger partial charge is 0.444 e. The minimum atomic E-state index is -0.578. The van der Waals surface area contributed by atoms with Crippen LogP contribution in [0.1, 0.15) is 49.4 Å². The maximum Gasteiger partial charge on any atom is 0.410 e. The van der Waals surface area contributed by atoms with E-state index >= 15 is 0 Å². The van der Waals surface area contributed by atoms with E-state index in [1.54, 1.807) is 15.9 Å². The van der Waals surface area contributed by atoms with Gasteiger partial charge in [-0.3, -0.25) is 14.7 Å². The van der Waals surface area contributed by atoms with Gasteiger partial charge in [0.2, 0.25) is 0 Å². The average molecular weight is 417 g/mol. The van der Waals surface area contributed by atoms with Crippen molar-refractivity contribution in [2.75, 3.05) is 26.2 Å². The summed E-state index contributed by atoms with van der Waals surface area (Å²) in [6, 6.07) is 1.78. The third-order valence-corrected chi connectivity index (χ3v) is 5.20. The second-order valence-electron chi connectivity index (χ2n) is 8.68. The molecule has 1 fully saturated rings. The van der Waals surface area contributed by atoms with Gasteiger partial charge in [-0.05, 0) is 27.2 Å². The van der Waals surface area contributed by atoms with Gasteiger partial charge in [-0.15, -0.1) is 0 Å². The molecule has 4 heterocycles. The van der Waals surface area contributed by atoms with E-state index < -0.39 is 11.7 Å². The zero-order valence-corrected chi connectivity index (χ0v) is 17.7. The standard InChI is InChI=1S/C20H27N5O5/c1-5-12-8-15-21-16-14(17(26)25(15)22-12)11-24(18(16)27)10-13-9-23(6-7-29-13)19(28)30-20(2,3)4/h8,13,22H,5-7,9-11H2,1-4H3/t13-/m0/s1. The molecule has 0 spiro atoms. The Labute approximate surface area is 173 Å². The highest BCUT2D eigenvalue weighted by atomic mass is 16.6. The predicted molar refractivity (Wildman–Crippen MR) is 107 cm³/mol. The summed E-state index contributed by atoms with van der Waals surface area (Å²) >= 11 is 0. The minimum Gasteiger partial charge on any atom is -0.444 e. The fourth-order valence-electron chi connectivity index (χ4n) is 3.74. The summed E-state index contributed by atoms with van der Waals surface area (Å²) < 4.78 is 12.6. The molecule has 1 atom stereocenters. The Morgan fingerprint density at radius 3 is 2.83 bits per heavy atom. The SMILES string of the molecule is CCc1cc2nc3c(c(=O)n2[nH]1)CN(C[C@@H]1CN(C(=O)OC(C)(C)C)CCO1)C3=O. The van der Waals surface area contributed by atoms with E-state index in [-0.39, 0.29) is 36.4 Å². The molecule has 10 nitrogen and oxygen atoms in total. The number of aromatic nitrogens is 3. The molecule has 162 valence electrons. The van der Waals surface area contributed by atoms with Crippen molar-refractivity contribution < 1.29 is 19.1 Å². The van der Waals surface area contributed by atoms with Crippen LogP contribution in [0.25, 0.3) is 5.65 Å². The van der Waals surface area contributed by atoms with Crippen LogP contribution in [-0.2, 0) is 22.4 Å². The highest BCUT2D eigenvalue weighted by Gasteiger charge is 2.36. The second-order valence-corrected chi connectivity index (χ2v) is 8.68. The van der Waals surface area contributed by atoms with Crippen LogP contribution >= 0.6 is 0 Å². The first-order valence-corrected chi connectivity index (χ1v) is 10.2. The van der Waals surface area contributed by atoms with Crippen LogP contribution in [0.15, 0.2) is 10.9 Å². The van der Waals surface area contributed by atoms with Crippen molar-refractivity contribution in [2.45, 2.75) is 52.4 Å². The van der Waals surface area contributed by atoms with Crippen molar-refractivity contribution in [3.05, 3.63) is 33.4 Å². The fourth-order valence-corrected chi connectivity index (χ4v) is 3.74. The van der Waals surface area contributed by atoms with Crippen molar-refractivity contribution in [2.24, 2.45) is 0 Å². The van der Waals surface area contributed by atoms with Gasteiger partial charge in [0.15, 0.2) is 5.65 Å². The maximum absolute atomic E-state index is 12.9. The van der Waals surface area contributed by atoms with E-state index in [1.807, 2.05) is 27.7 Å². The van der Waals surface area contributed by atoms with Crippen molar-refractivity contribution in [1.82, 2.24) is 24.4 Å². The third kappa shape index (κ3) is 3.79. The first kappa shape index (κ1) is 20.4. The van der Waals surface area contributed by atoms with E-state index in [2.05, 4.69) is 10.1 Å². The molecule has 2 aliphatic heterocycles. The summed E-state index contributed by atoms with van der Waals surface area (Å²) in [6.45, 7) is 9.00. The molecular formula is C20H27N5O5. The summed E-state index contributed by atoms with van der Waals surface area (Å²) in [5.41, 5.74) is 1.06. The molecule has 10 heteroatoms. The predicted octanol–water partition coefficient (Wildman–Crippen LogP) is 1.18. The van der Waals surface area contributed by atoms with E-state index in [1.165, 1.54) is 4.52 Å². The minimum absolute atomic E-state index is 0.176. The number of carbonyl (C=O) groups excluding carboxylic acids is 2. The molecule has 0 aromatic carbocycles. The number of fused-ring (bicyclic) bond motifs is 2. The summed E-state index contributed by atoms with van der Waals surface area (Å²) in [7, 11) is 0. The molecule has 2 aromatic rings. The first-order valence-electron chi connectivity index (χ1n) is 10.2. The van der Waals surface area contributed by atoms with Crippen molar-refractivity contribution in [3.63, 3.8) is 0 Å². The molecular weight excluding hydrogens is 390 g/mol. The van der Waals surface area contributed by atoms with Gasteiger partial charge in [0.1, 0.15) is 11.3 Å². The van der Waals surface area contributed by atoms with Crippen LogP contribution in [0.5, 0.6) is 0 Å². The number of hydrogen-bond acceptors (Lipinski definition) is 6. The van der Waals surface area contributed by atoms with Gasteiger partial charge in [0.25, 0.3) is 11.5 Å². The lowest BCUT2D eigenvalue weighted by atomic mass is 10.2. The van der Waals surface area contributed by atoms with E-state index in [0.29, 0.717) is 30.9 Å². The van der Waals surface area contributed by atoms with Gasteiger partial charge in [-0.25, -0.2) is 14.3 Å². The number of amides is 2. The lowest BCUT2D eigenvalue weighted by Gasteiger charge is -2.35. The Balaban J connectivity index is 1.48. The van der Waals surface area contributed by atoms with Crippen LogP contribution in [0, 0.1) is 0 Å². The van der Waals surface area contributed by atoms with Gasteiger partial charge < -0.3 is 19.3 Å². The normalized spacial score (nSPS) is 19.5. The molecule has 0 aliphatic carbocycles. The van der Waals surface area contributed by atoms with Crippen LogP contribution in [0.3, 0.4) is 0 Å². The average Bonchev–Trinajstić information content (AvgIpc) is 3.23. The Hall–Kier alpha value is -2.88. The van der Waals surface area contributed by atoms with Gasteiger partial charge in [-0.1, -0.05) is 6.92 Å². The Morgan fingerprint density at radius 2 is 2.13 bits per heavy atom. The summed E-state index contributed by atoms with van der Waals surface area (Å²) in [6.07, 6.45) is -0.0163. The zero-order chi connectivity index (χ0) is 21.6. The van der Waals surface area contributed by atoms with E-state index in [4.69, 9.17) is 9.47 Å². The number of hydrogen-bond donors (Lipinski definition) is 1. The quantitative estimate of drug-likeness (QED) is 0.803. The second kappa shape index (κ2) is 7.42. The Bertz CT molecular complexity index is 1050. The molecule has 0 radical (unpaired) electrons. The maximum atomic E-state index is 12.9. The van der Waals surface area contributed by atoms with Crippen LogP contribution < -0.4 is 5.56 Å². The van der Waals surface area contributed by atoms with Crippen molar-refractivity contribution >= 4 is 17.6 Å². The molecule has 0 bridgehead atoms. The van der Waals surface area contributed by atoms with Crippen LogP contribution in [0.4, 0.5) is 4.79 Å². The molecule has 0 saturated carbocycles. The van der Waals surface area contributed by atoms with Gasteiger partial charge in [-0.2, -0.15) is 0 Å². The highest BCUT2D eigenvalue weighted by molar-refractivity contribution is 5.96. The number of carbonyl (C=O) groups is 2. The molecule has 2 aromatic heterocycles. The summed E-state index contributed by atoms with van der Waals surface area (Å²) in [4.78, 5) is 45.6. The molecule has 1 saturated heterocycles. The molecule has 2 amide bonds. The van der Waals surface area contributed by atoms with Crippen molar-refractivity contribution in [3.8, 4) is 0 Å². The summed E-state index contributed by atoms with van der Waals surface area (Å²) in [5, 5.41) is 3.02. The monoisotopic (exact) mass is 417 g/mol. The van der Waals surface area contributed by atoms with Gasteiger partial charge in [0, 0.05) is 24.8 Å². The highest BCUT2D eigenvalue weighted by Crippen LogP contribution is 2.21. The van der Waals surface area contributed by atoms with Crippen LogP contribution in [-0.4, -0.2) is 74.3 Å². The lowest BCUT2D eigenvalue weighted by molar-refractivity contribution is -0.0498. The smallest absolute Gasteiger partial charge is 0.410 e. The molecule has 2 aliphatic rings. The first-order chi connectivity index (χ1) is 14.2. The number of H-pyrrole nitrogens is 1. The molecule has 0 unspecified atom stereocenters. The lowest BCUT2D eigenvalue weighted by Crippen LogP contribution is -2.50. The molecule has 4 rings (SSSR count). The van der Waals surface area contributed by atoms with E-state index in [0.717, 1.165) is 12.1 Å². The van der Waals surface area contributed by atoms with E-state index in [9.17, 15) is 14.4 Å². The Morgan fingerprint density at radius 1 is 1.37 bits per heavy atom. The number of nitrogens with zero attached hydrogens (tertiary/aromatic N) is 4. The number of rotatable bonds is 3. The number of ether oxygens (including phenoxy) is 2. The Kier molecular flexibility index (Phi) is 5.05. The zero-order valence-electron chi connectivity index (χ0n) is 17.7. The molecule has 30 heavy (non-hydrogen) atoms. The number of aryl methyl sites for hydroxylation is 1. The fraction of sp³-hybridized carbons (Fsp3) is 0.600.